The molecule has 18 heavy (non-hydrogen) atoms. The minimum atomic E-state index is 0.320. The Kier molecular flexibility index (Phi) is 7.13. The lowest BCUT2D eigenvalue weighted by atomic mass is 10.1. The van der Waals surface area contributed by atoms with Crippen LogP contribution in [-0.4, -0.2) is 11.8 Å². The molecular formula is C15H24ClNS. The number of rotatable bonds is 7. The molecule has 0 heterocycles. The van der Waals surface area contributed by atoms with E-state index >= 15 is 0 Å². The van der Waals surface area contributed by atoms with E-state index in [4.69, 9.17) is 11.6 Å². The Labute approximate surface area is 121 Å². The quantitative estimate of drug-likeness (QED) is 0.683. The smallest absolute Gasteiger partial charge is 0.0464 e. The second-order valence-corrected chi connectivity index (χ2v) is 6.61. The summed E-state index contributed by atoms with van der Waals surface area (Å²) in [6.07, 6.45) is 2.32. The molecule has 0 spiro atoms. The average Bonchev–Trinajstić information content (AvgIpc) is 2.36. The van der Waals surface area contributed by atoms with Crippen LogP contribution >= 0.6 is 23.4 Å². The maximum Gasteiger partial charge on any atom is 0.0464 e. The van der Waals surface area contributed by atoms with Gasteiger partial charge in [-0.05, 0) is 44.0 Å². The summed E-state index contributed by atoms with van der Waals surface area (Å²) in [7, 11) is 0. The minimum absolute atomic E-state index is 0.320. The Morgan fingerprint density at radius 2 is 2.00 bits per heavy atom. The predicted molar refractivity (Wildman–Crippen MR) is 83.8 cm³/mol. The van der Waals surface area contributed by atoms with Crippen LogP contribution in [0.4, 0.5) is 0 Å². The van der Waals surface area contributed by atoms with E-state index in [1.54, 1.807) is 0 Å². The first kappa shape index (κ1) is 15.9. The third kappa shape index (κ3) is 4.83. The van der Waals surface area contributed by atoms with Crippen molar-refractivity contribution in [1.82, 2.24) is 5.32 Å². The van der Waals surface area contributed by atoms with Crippen molar-refractivity contribution in [3.8, 4) is 0 Å². The molecule has 0 saturated carbocycles. The van der Waals surface area contributed by atoms with Gasteiger partial charge in [-0.2, -0.15) is 0 Å². The van der Waals surface area contributed by atoms with Gasteiger partial charge in [-0.3, -0.25) is 0 Å². The summed E-state index contributed by atoms with van der Waals surface area (Å²) in [6, 6.07) is 6.75. The highest BCUT2D eigenvalue weighted by Gasteiger charge is 2.10. The zero-order chi connectivity index (χ0) is 13.5. The number of hydrogen-bond donors (Lipinski definition) is 1. The highest BCUT2D eigenvalue weighted by molar-refractivity contribution is 7.99. The molecule has 0 radical (unpaired) electrons. The molecule has 2 unspecified atom stereocenters. The van der Waals surface area contributed by atoms with Crippen molar-refractivity contribution >= 4 is 23.4 Å². The molecule has 0 bridgehead atoms. The van der Waals surface area contributed by atoms with Crippen LogP contribution in [0.15, 0.2) is 23.1 Å². The van der Waals surface area contributed by atoms with Gasteiger partial charge in [-0.1, -0.05) is 38.4 Å². The molecule has 0 aliphatic carbocycles. The van der Waals surface area contributed by atoms with Gasteiger partial charge in [0.2, 0.25) is 0 Å². The number of halogens is 1. The molecule has 3 heteroatoms. The van der Waals surface area contributed by atoms with Crippen LogP contribution in [0.2, 0.25) is 5.02 Å². The third-order valence-corrected chi connectivity index (χ3v) is 4.64. The second-order valence-electron chi connectivity index (χ2n) is 4.70. The summed E-state index contributed by atoms with van der Waals surface area (Å²) in [5, 5.41) is 4.99. The van der Waals surface area contributed by atoms with Crippen molar-refractivity contribution in [1.29, 1.82) is 0 Å². The van der Waals surface area contributed by atoms with Crippen LogP contribution in [-0.2, 0) is 0 Å². The second kappa shape index (κ2) is 8.08. The summed E-state index contributed by atoms with van der Waals surface area (Å²) in [4.78, 5) is 1.26. The fourth-order valence-electron chi connectivity index (χ4n) is 1.72. The van der Waals surface area contributed by atoms with E-state index in [2.05, 4.69) is 51.2 Å². The fraction of sp³-hybridized carbons (Fsp3) is 0.600. The maximum absolute atomic E-state index is 6.38. The van der Waals surface area contributed by atoms with Gasteiger partial charge >= 0.3 is 0 Å². The van der Waals surface area contributed by atoms with Crippen LogP contribution in [0.3, 0.4) is 0 Å². The molecule has 0 aromatic heterocycles. The molecule has 0 saturated heterocycles. The maximum atomic E-state index is 6.38. The molecule has 1 aromatic rings. The number of thioether (sulfide) groups is 1. The van der Waals surface area contributed by atoms with Crippen LogP contribution in [0.1, 0.15) is 52.1 Å². The van der Waals surface area contributed by atoms with Crippen molar-refractivity contribution < 1.29 is 0 Å². The molecule has 102 valence electrons. The van der Waals surface area contributed by atoms with Gasteiger partial charge in [0.1, 0.15) is 0 Å². The summed E-state index contributed by atoms with van der Waals surface area (Å²) in [5.74, 6) is 0. The van der Waals surface area contributed by atoms with Gasteiger partial charge < -0.3 is 5.32 Å². The molecule has 0 aliphatic heterocycles. The highest BCUT2D eigenvalue weighted by Crippen LogP contribution is 2.31. The van der Waals surface area contributed by atoms with Gasteiger partial charge in [0.15, 0.2) is 0 Å². The molecule has 0 amide bonds. The van der Waals surface area contributed by atoms with E-state index < -0.39 is 0 Å². The number of nitrogens with one attached hydrogen (secondary N) is 1. The van der Waals surface area contributed by atoms with E-state index in [1.807, 2.05) is 11.8 Å². The number of hydrogen-bond acceptors (Lipinski definition) is 2. The topological polar surface area (TPSA) is 12.0 Å². The van der Waals surface area contributed by atoms with Gasteiger partial charge in [0.05, 0.1) is 0 Å². The van der Waals surface area contributed by atoms with Crippen LogP contribution in [0.25, 0.3) is 0 Å². The Hall–Kier alpha value is -0.180. The minimum Gasteiger partial charge on any atom is -0.310 e. The Balaban J connectivity index is 2.72. The van der Waals surface area contributed by atoms with Crippen LogP contribution < -0.4 is 5.32 Å². The SMILES string of the molecule is CCCNC(C)c1ccc(SC(C)CC)cc1Cl. The molecule has 0 fully saturated rings. The van der Waals surface area contributed by atoms with Crippen molar-refractivity contribution in [2.75, 3.05) is 6.54 Å². The molecule has 0 aliphatic rings. The molecular weight excluding hydrogens is 262 g/mol. The zero-order valence-corrected chi connectivity index (χ0v) is 13.4. The summed E-state index contributed by atoms with van der Waals surface area (Å²) < 4.78 is 0. The summed E-state index contributed by atoms with van der Waals surface area (Å²) in [5.41, 5.74) is 1.19. The highest BCUT2D eigenvalue weighted by atomic mass is 35.5. The Bertz CT molecular complexity index is 368. The Morgan fingerprint density at radius 3 is 2.56 bits per heavy atom. The first-order valence-electron chi connectivity index (χ1n) is 6.77. The molecule has 2 atom stereocenters. The van der Waals surface area contributed by atoms with E-state index in [0.29, 0.717) is 11.3 Å². The lowest BCUT2D eigenvalue weighted by molar-refractivity contribution is 0.570. The monoisotopic (exact) mass is 285 g/mol. The van der Waals surface area contributed by atoms with E-state index in [9.17, 15) is 0 Å². The van der Waals surface area contributed by atoms with Gasteiger partial charge in [0, 0.05) is 21.2 Å². The lowest BCUT2D eigenvalue weighted by Crippen LogP contribution is -2.19. The van der Waals surface area contributed by atoms with Gasteiger partial charge in [-0.15, -0.1) is 11.8 Å². The van der Waals surface area contributed by atoms with Crippen molar-refractivity contribution in [2.24, 2.45) is 0 Å². The van der Waals surface area contributed by atoms with Crippen molar-refractivity contribution in [3.63, 3.8) is 0 Å². The zero-order valence-electron chi connectivity index (χ0n) is 11.8. The Morgan fingerprint density at radius 1 is 1.28 bits per heavy atom. The average molecular weight is 286 g/mol. The standard InChI is InChI=1S/C15H24ClNS/c1-5-9-17-12(4)14-8-7-13(10-15(14)16)18-11(3)6-2/h7-8,10-12,17H,5-6,9H2,1-4H3. The van der Waals surface area contributed by atoms with E-state index in [-0.39, 0.29) is 0 Å². The van der Waals surface area contributed by atoms with Crippen molar-refractivity contribution in [2.45, 2.75) is 56.7 Å². The van der Waals surface area contributed by atoms with Crippen LogP contribution in [0, 0.1) is 0 Å². The van der Waals surface area contributed by atoms with E-state index in [1.165, 1.54) is 16.9 Å². The molecule has 1 N–H and O–H groups in total. The van der Waals surface area contributed by atoms with E-state index in [0.717, 1.165) is 18.0 Å². The molecule has 1 aromatic carbocycles. The van der Waals surface area contributed by atoms with Gasteiger partial charge in [0.25, 0.3) is 0 Å². The summed E-state index contributed by atoms with van der Waals surface area (Å²) >= 11 is 8.27. The fourth-order valence-corrected chi connectivity index (χ4v) is 3.09. The largest absolute Gasteiger partial charge is 0.310 e. The van der Waals surface area contributed by atoms with Crippen LogP contribution in [0.5, 0.6) is 0 Å². The van der Waals surface area contributed by atoms with Crippen molar-refractivity contribution in [3.05, 3.63) is 28.8 Å². The third-order valence-electron chi connectivity index (χ3n) is 3.05. The molecule has 1 nitrogen and oxygen atoms in total. The first-order valence-corrected chi connectivity index (χ1v) is 8.03. The number of benzene rings is 1. The normalized spacial score (nSPS) is 14.5. The predicted octanol–water partition coefficient (Wildman–Crippen LogP) is 5.29. The molecule has 1 rings (SSSR count). The summed E-state index contributed by atoms with van der Waals surface area (Å²) in [6.45, 7) is 9.83. The van der Waals surface area contributed by atoms with Gasteiger partial charge in [-0.25, -0.2) is 0 Å². The lowest BCUT2D eigenvalue weighted by Gasteiger charge is -2.16. The first-order chi connectivity index (χ1) is 8.58.